The molecule has 0 bridgehead atoms. The van der Waals surface area contributed by atoms with E-state index >= 15 is 0 Å². The number of aromatic amines is 1. The standard InChI is InChI=1S/C31H33N3O2/c1-31(2,3)22-12-7-13-23(20-22)33-29(35)26-15-9-19-34(28(26)21-10-5-4-6-11-21)30(36)25-14-8-16-27-24(25)17-18-32-27/h4-8,10-14,16-18,20,26,28,32H,9,15,19H2,1-3H3,(H,33,35)/t26-,28-/m0/s1. The van der Waals surface area contributed by atoms with Crippen molar-refractivity contribution in [3.63, 3.8) is 0 Å². The van der Waals surface area contributed by atoms with E-state index in [2.05, 4.69) is 37.1 Å². The highest BCUT2D eigenvalue weighted by molar-refractivity contribution is 6.07. The van der Waals surface area contributed by atoms with E-state index in [9.17, 15) is 9.59 Å². The predicted octanol–water partition coefficient (Wildman–Crippen LogP) is 6.70. The number of nitrogens with one attached hydrogen (secondary N) is 2. The van der Waals surface area contributed by atoms with Gasteiger partial charge in [0.15, 0.2) is 0 Å². The summed E-state index contributed by atoms with van der Waals surface area (Å²) in [5, 5.41) is 4.07. The van der Waals surface area contributed by atoms with Gasteiger partial charge in [-0.15, -0.1) is 0 Å². The molecule has 4 aromatic rings. The van der Waals surface area contributed by atoms with Gasteiger partial charge < -0.3 is 15.2 Å². The molecule has 0 radical (unpaired) electrons. The molecule has 2 heterocycles. The number of hydrogen-bond acceptors (Lipinski definition) is 2. The summed E-state index contributed by atoms with van der Waals surface area (Å²) in [5.41, 5.74) is 4.52. The van der Waals surface area contributed by atoms with Gasteiger partial charge in [0.1, 0.15) is 0 Å². The molecule has 2 atom stereocenters. The van der Waals surface area contributed by atoms with Gasteiger partial charge in [0, 0.05) is 34.9 Å². The molecule has 36 heavy (non-hydrogen) atoms. The van der Waals surface area contributed by atoms with Gasteiger partial charge in [-0.2, -0.15) is 0 Å². The van der Waals surface area contributed by atoms with E-state index in [1.165, 1.54) is 5.56 Å². The fraction of sp³-hybridized carbons (Fsp3) is 0.290. The maximum Gasteiger partial charge on any atom is 0.255 e. The molecule has 1 aliphatic heterocycles. The minimum atomic E-state index is -0.353. The molecule has 184 valence electrons. The van der Waals surface area contributed by atoms with Crippen molar-refractivity contribution in [1.29, 1.82) is 0 Å². The van der Waals surface area contributed by atoms with Crippen molar-refractivity contribution in [3.05, 3.63) is 102 Å². The van der Waals surface area contributed by atoms with E-state index in [4.69, 9.17) is 0 Å². The van der Waals surface area contributed by atoms with Crippen molar-refractivity contribution in [1.82, 2.24) is 9.88 Å². The summed E-state index contributed by atoms with van der Waals surface area (Å²) in [6.45, 7) is 7.10. The zero-order valence-electron chi connectivity index (χ0n) is 21.1. The number of aromatic nitrogens is 1. The highest BCUT2D eigenvalue weighted by Crippen LogP contribution is 2.38. The Morgan fingerprint density at radius 1 is 0.944 bits per heavy atom. The number of H-pyrrole nitrogens is 1. The molecule has 2 N–H and O–H groups in total. The first kappa shape index (κ1) is 23.9. The lowest BCUT2D eigenvalue weighted by Crippen LogP contribution is -2.46. The van der Waals surface area contributed by atoms with Crippen LogP contribution < -0.4 is 5.32 Å². The molecule has 2 amide bonds. The quantitative estimate of drug-likeness (QED) is 0.342. The molecule has 1 aromatic heterocycles. The maximum absolute atomic E-state index is 14.0. The monoisotopic (exact) mass is 479 g/mol. The van der Waals surface area contributed by atoms with E-state index < -0.39 is 0 Å². The maximum atomic E-state index is 14.0. The fourth-order valence-corrected chi connectivity index (χ4v) is 5.29. The predicted molar refractivity (Wildman–Crippen MR) is 145 cm³/mol. The van der Waals surface area contributed by atoms with Crippen molar-refractivity contribution in [2.75, 3.05) is 11.9 Å². The number of anilines is 1. The Morgan fingerprint density at radius 2 is 1.72 bits per heavy atom. The van der Waals surface area contributed by atoms with E-state index in [1.54, 1.807) is 0 Å². The number of carbonyl (C=O) groups is 2. The summed E-state index contributed by atoms with van der Waals surface area (Å²) >= 11 is 0. The van der Waals surface area contributed by atoms with Gasteiger partial charge in [0.25, 0.3) is 5.91 Å². The van der Waals surface area contributed by atoms with Crippen LogP contribution in [-0.4, -0.2) is 28.2 Å². The normalized spacial score (nSPS) is 18.2. The number of likely N-dealkylation sites (tertiary alicyclic amines) is 1. The van der Waals surface area contributed by atoms with Gasteiger partial charge in [-0.05, 0) is 59.7 Å². The molecule has 1 fully saturated rings. The summed E-state index contributed by atoms with van der Waals surface area (Å²) in [6, 6.07) is 25.4. The summed E-state index contributed by atoms with van der Waals surface area (Å²) in [5.74, 6) is -0.442. The van der Waals surface area contributed by atoms with Gasteiger partial charge in [0.2, 0.25) is 5.91 Å². The molecule has 5 rings (SSSR count). The Balaban J connectivity index is 1.49. The molecule has 3 aromatic carbocycles. The Kier molecular flexibility index (Phi) is 6.40. The fourth-order valence-electron chi connectivity index (χ4n) is 5.29. The van der Waals surface area contributed by atoms with Gasteiger partial charge in [0.05, 0.1) is 12.0 Å². The van der Waals surface area contributed by atoms with Gasteiger partial charge in [-0.3, -0.25) is 9.59 Å². The first-order chi connectivity index (χ1) is 17.3. The Labute approximate surface area is 212 Å². The summed E-state index contributed by atoms with van der Waals surface area (Å²) in [4.78, 5) is 32.8. The lowest BCUT2D eigenvalue weighted by atomic mass is 9.83. The van der Waals surface area contributed by atoms with E-state index in [0.717, 1.165) is 35.0 Å². The molecule has 5 nitrogen and oxygen atoms in total. The third kappa shape index (κ3) is 4.66. The third-order valence-corrected chi connectivity index (χ3v) is 7.19. The number of fused-ring (bicyclic) bond motifs is 1. The molecule has 0 unspecified atom stereocenters. The molecule has 0 aliphatic carbocycles. The number of hydrogen-bond donors (Lipinski definition) is 2. The van der Waals surface area contributed by atoms with Crippen LogP contribution in [0.25, 0.3) is 10.9 Å². The molecule has 5 heteroatoms. The highest BCUT2D eigenvalue weighted by Gasteiger charge is 2.40. The van der Waals surface area contributed by atoms with Crippen molar-refractivity contribution < 1.29 is 9.59 Å². The Hall–Kier alpha value is -3.86. The molecule has 0 spiro atoms. The van der Waals surface area contributed by atoms with E-state index in [-0.39, 0.29) is 29.2 Å². The highest BCUT2D eigenvalue weighted by atomic mass is 16.2. The van der Waals surface area contributed by atoms with Crippen LogP contribution in [0.2, 0.25) is 0 Å². The van der Waals surface area contributed by atoms with Crippen LogP contribution >= 0.6 is 0 Å². The number of piperidine rings is 1. The second-order valence-electron chi connectivity index (χ2n) is 10.7. The number of nitrogens with zero attached hydrogens (tertiary/aromatic N) is 1. The molecular weight excluding hydrogens is 446 g/mol. The lowest BCUT2D eigenvalue weighted by Gasteiger charge is -2.41. The molecular formula is C31H33N3O2. The minimum absolute atomic E-state index is 0.0133. The number of benzene rings is 3. The minimum Gasteiger partial charge on any atom is -0.361 e. The van der Waals surface area contributed by atoms with Gasteiger partial charge in [-0.1, -0.05) is 69.3 Å². The van der Waals surface area contributed by atoms with Gasteiger partial charge >= 0.3 is 0 Å². The van der Waals surface area contributed by atoms with E-state index in [1.807, 2.05) is 83.9 Å². The van der Waals surface area contributed by atoms with Crippen LogP contribution in [-0.2, 0) is 10.2 Å². The van der Waals surface area contributed by atoms with Gasteiger partial charge in [-0.25, -0.2) is 0 Å². The van der Waals surface area contributed by atoms with Crippen LogP contribution in [0, 0.1) is 5.92 Å². The molecule has 1 saturated heterocycles. The zero-order valence-corrected chi connectivity index (χ0v) is 21.1. The first-order valence-corrected chi connectivity index (χ1v) is 12.7. The van der Waals surface area contributed by atoms with Crippen LogP contribution in [0.15, 0.2) is 85.1 Å². The lowest BCUT2D eigenvalue weighted by molar-refractivity contribution is -0.123. The van der Waals surface area contributed by atoms with Crippen LogP contribution in [0.1, 0.15) is 61.1 Å². The van der Waals surface area contributed by atoms with Crippen LogP contribution in [0.3, 0.4) is 0 Å². The van der Waals surface area contributed by atoms with Crippen molar-refractivity contribution in [2.24, 2.45) is 5.92 Å². The van der Waals surface area contributed by atoms with Crippen molar-refractivity contribution in [3.8, 4) is 0 Å². The SMILES string of the molecule is CC(C)(C)c1cccc(NC(=O)[C@H]2CCCN(C(=O)c3cccc4[nH]ccc34)[C@H]2c2ccccc2)c1. The van der Waals surface area contributed by atoms with Crippen LogP contribution in [0.5, 0.6) is 0 Å². The summed E-state index contributed by atoms with van der Waals surface area (Å²) in [6.07, 6.45) is 3.36. The Morgan fingerprint density at radius 3 is 2.50 bits per heavy atom. The second kappa shape index (κ2) is 9.65. The smallest absolute Gasteiger partial charge is 0.255 e. The number of rotatable bonds is 4. The third-order valence-electron chi connectivity index (χ3n) is 7.19. The summed E-state index contributed by atoms with van der Waals surface area (Å²) < 4.78 is 0. The van der Waals surface area contributed by atoms with Crippen LogP contribution in [0.4, 0.5) is 5.69 Å². The van der Waals surface area contributed by atoms with E-state index in [0.29, 0.717) is 12.1 Å². The average molecular weight is 480 g/mol. The average Bonchev–Trinajstić information content (AvgIpc) is 3.37. The number of amides is 2. The Bertz CT molecular complexity index is 1380. The largest absolute Gasteiger partial charge is 0.361 e. The van der Waals surface area contributed by atoms with Crippen molar-refractivity contribution in [2.45, 2.75) is 45.1 Å². The van der Waals surface area contributed by atoms with Crippen molar-refractivity contribution >= 4 is 28.4 Å². The second-order valence-corrected chi connectivity index (χ2v) is 10.7. The first-order valence-electron chi connectivity index (χ1n) is 12.7. The molecule has 0 saturated carbocycles. The molecule has 1 aliphatic rings. The topological polar surface area (TPSA) is 65.2 Å². The number of carbonyl (C=O) groups excluding carboxylic acids is 2. The zero-order chi connectivity index (χ0) is 25.3. The summed E-state index contributed by atoms with van der Waals surface area (Å²) in [7, 11) is 0.